The van der Waals surface area contributed by atoms with Crippen LogP contribution >= 0.6 is 46.4 Å². The third-order valence-corrected chi connectivity index (χ3v) is 16.1. The molecule has 3 N–H and O–H groups in total. The van der Waals surface area contributed by atoms with Crippen LogP contribution in [-0.2, 0) is 19.1 Å². The summed E-state index contributed by atoms with van der Waals surface area (Å²) in [7, 11) is 1.66. The van der Waals surface area contributed by atoms with Crippen LogP contribution in [-0.4, -0.2) is 62.5 Å². The van der Waals surface area contributed by atoms with Crippen molar-refractivity contribution in [2.75, 3.05) is 33.5 Å². The van der Waals surface area contributed by atoms with Gasteiger partial charge >= 0.3 is 0 Å². The summed E-state index contributed by atoms with van der Waals surface area (Å²) in [6.45, 7) is 9.78. The van der Waals surface area contributed by atoms with Gasteiger partial charge in [0.15, 0.2) is 0 Å². The molecule has 0 bridgehead atoms. The summed E-state index contributed by atoms with van der Waals surface area (Å²) in [6.07, 6.45) is 5.00. The van der Waals surface area contributed by atoms with Crippen LogP contribution in [0.5, 0.6) is 0 Å². The Kier molecular flexibility index (Phi) is 15.1. The van der Waals surface area contributed by atoms with Gasteiger partial charge in [0.1, 0.15) is 0 Å². The van der Waals surface area contributed by atoms with Crippen molar-refractivity contribution in [2.45, 2.75) is 102 Å². The van der Waals surface area contributed by atoms with E-state index in [0.29, 0.717) is 29.9 Å². The fraction of sp³-hybridized carbons (Fsp3) is 0.490. The lowest BCUT2D eigenvalue weighted by molar-refractivity contribution is -0.132. The second-order valence-electron chi connectivity index (χ2n) is 18.0. The number of carbonyl (C=O) groups is 2. The van der Waals surface area contributed by atoms with Gasteiger partial charge in [-0.2, -0.15) is 0 Å². The number of methoxy groups -OCH3 is 1. The molecule has 11 heteroatoms. The van der Waals surface area contributed by atoms with E-state index in [1.807, 2.05) is 43.3 Å². The molecular weight excluding hydrogens is 862 g/mol. The number of aliphatic hydroxyl groups excluding tert-OH is 1. The lowest BCUT2D eigenvalue weighted by Crippen LogP contribution is -2.45. The van der Waals surface area contributed by atoms with Crippen LogP contribution < -0.4 is 10.6 Å². The van der Waals surface area contributed by atoms with E-state index in [1.165, 1.54) is 5.56 Å². The lowest BCUT2D eigenvalue weighted by atomic mass is 9.54. The normalized spacial score (nSPS) is 30.2. The van der Waals surface area contributed by atoms with Crippen molar-refractivity contribution in [1.82, 2.24) is 10.6 Å². The lowest BCUT2D eigenvalue weighted by Gasteiger charge is -2.48. The van der Waals surface area contributed by atoms with Crippen LogP contribution in [0, 0.1) is 36.5 Å². The number of amides is 2. The van der Waals surface area contributed by atoms with Gasteiger partial charge in [-0.25, -0.2) is 0 Å². The highest BCUT2D eigenvalue weighted by atomic mass is 35.5. The Morgan fingerprint density at radius 3 is 1.48 bits per heavy atom. The van der Waals surface area contributed by atoms with E-state index in [9.17, 15) is 14.7 Å². The maximum Gasteiger partial charge on any atom is 0.226 e. The Balaban J connectivity index is 0.000000188. The predicted octanol–water partition coefficient (Wildman–Crippen LogP) is 11.6. The molecule has 0 aromatic heterocycles. The van der Waals surface area contributed by atoms with Gasteiger partial charge in [-0.1, -0.05) is 109 Å². The first kappa shape index (κ1) is 46.8. The highest BCUT2D eigenvalue weighted by Crippen LogP contribution is 2.62. The number of aryl methyl sites for hydroxylation is 2. The third kappa shape index (κ3) is 8.94. The minimum Gasteiger partial charge on any atom is -0.394 e. The number of ether oxygens (including phenoxy) is 2. The molecule has 4 fully saturated rings. The fourth-order valence-electron chi connectivity index (χ4n) is 11.9. The monoisotopic (exact) mass is 920 g/mol. The number of nitrogens with one attached hydrogen (secondary N) is 2. The Bertz CT molecular complexity index is 2200. The van der Waals surface area contributed by atoms with E-state index < -0.39 is 10.8 Å². The number of rotatable bonds is 12. The van der Waals surface area contributed by atoms with E-state index in [1.54, 1.807) is 7.11 Å². The van der Waals surface area contributed by atoms with E-state index in [0.717, 1.165) is 76.4 Å². The first-order chi connectivity index (χ1) is 29.8. The highest BCUT2D eigenvalue weighted by molar-refractivity contribution is 6.32. The molecule has 10 atom stereocenters. The van der Waals surface area contributed by atoms with Crippen molar-refractivity contribution in [3.63, 3.8) is 0 Å². The summed E-state index contributed by atoms with van der Waals surface area (Å²) < 4.78 is 11.1. The molecule has 4 aromatic rings. The van der Waals surface area contributed by atoms with Crippen molar-refractivity contribution in [2.24, 2.45) is 22.7 Å². The summed E-state index contributed by atoms with van der Waals surface area (Å²) in [6, 6.07) is 28.3. The first-order valence-corrected chi connectivity index (χ1v) is 23.7. The number of carbonyl (C=O) groups excluding carboxylic acids is 2. The number of hydrogen-bond acceptors (Lipinski definition) is 5. The van der Waals surface area contributed by atoms with Crippen LogP contribution in [0.4, 0.5) is 0 Å². The molecule has 2 saturated heterocycles. The molecule has 2 saturated carbocycles. The van der Waals surface area contributed by atoms with Gasteiger partial charge in [-0.15, -0.1) is 0 Å². The van der Waals surface area contributed by atoms with Crippen LogP contribution in [0.2, 0.25) is 20.1 Å². The number of aliphatic hydroxyl groups is 1. The molecule has 2 heterocycles. The van der Waals surface area contributed by atoms with Gasteiger partial charge < -0.3 is 25.2 Å². The molecular formula is C51H60Cl4N2O5. The average molecular weight is 923 g/mol. The zero-order valence-electron chi connectivity index (χ0n) is 36.4. The summed E-state index contributed by atoms with van der Waals surface area (Å²) in [4.78, 5) is 26.5. The second kappa shape index (κ2) is 19.9. The maximum absolute atomic E-state index is 13.4. The molecule has 0 spiro atoms. The van der Waals surface area contributed by atoms with Gasteiger partial charge in [0.2, 0.25) is 11.8 Å². The van der Waals surface area contributed by atoms with Crippen LogP contribution in [0.15, 0.2) is 84.9 Å². The van der Waals surface area contributed by atoms with E-state index in [4.69, 9.17) is 55.9 Å². The zero-order valence-corrected chi connectivity index (χ0v) is 39.4. The van der Waals surface area contributed by atoms with Crippen molar-refractivity contribution >= 4 is 58.2 Å². The van der Waals surface area contributed by atoms with E-state index in [-0.39, 0.29) is 66.0 Å². The summed E-state index contributed by atoms with van der Waals surface area (Å²) in [5, 5.41) is 19.5. The van der Waals surface area contributed by atoms with Crippen molar-refractivity contribution in [3.05, 3.63) is 138 Å². The van der Waals surface area contributed by atoms with Gasteiger partial charge in [0.05, 0.1) is 49.3 Å². The van der Waals surface area contributed by atoms with Crippen molar-refractivity contribution in [3.8, 4) is 0 Å². The molecule has 2 unspecified atom stereocenters. The standard InChI is InChI=1S/C27H33Cl2NO3.C24H27Cl2NO2/c1-4-27-12-11-21(20-10-5-17(2)15-22(20)29)24(18-6-8-19(28)9-7-18)25(27)23(30-26(27)31)16-33-14-13-32-3;1-3-24-11-10-18(17-9-4-14(2)12-19(17)26)21(15-5-7-16(25)8-6-15)22(24)20(13-28)27-23(24)29/h5-10,15,21,23-25H,4,11-14,16H2,1-3H3,(H,30,31);4-9,12,18,20-22,28H,3,10-11,13H2,1-2H3,(H,27,29)/t21-,23+,24?,25-,27+;18-,20+,21?,22-,24+/m00/s1. The number of benzene rings is 4. The van der Waals surface area contributed by atoms with Crippen molar-refractivity contribution < 1.29 is 24.2 Å². The summed E-state index contributed by atoms with van der Waals surface area (Å²) in [5.74, 6) is 0.897. The Labute approximate surface area is 387 Å². The Morgan fingerprint density at radius 1 is 0.645 bits per heavy atom. The molecule has 4 aliphatic rings. The maximum atomic E-state index is 13.4. The summed E-state index contributed by atoms with van der Waals surface area (Å²) in [5.41, 5.74) is 6.04. The van der Waals surface area contributed by atoms with Crippen molar-refractivity contribution in [1.29, 1.82) is 0 Å². The SMILES string of the molecule is CC[C@@]12CC[C@@H](c3ccc(C)cc3Cl)C(c3ccc(Cl)cc3)[C@@H]1[C@@H](CO)NC2=O.CC[C@@]12CC[C@@H](c3ccc(C)cc3Cl)C(c3ccc(Cl)cc3)[C@@H]1[C@@H](COCCOC)NC2=O. The molecule has 4 aromatic carbocycles. The molecule has 0 radical (unpaired) electrons. The average Bonchev–Trinajstić information content (AvgIpc) is 3.72. The molecule has 2 aliphatic heterocycles. The van der Waals surface area contributed by atoms with E-state index >= 15 is 0 Å². The minimum atomic E-state index is -0.453. The van der Waals surface area contributed by atoms with Gasteiger partial charge in [0, 0.05) is 39.0 Å². The Morgan fingerprint density at radius 2 is 1.08 bits per heavy atom. The molecule has 2 amide bonds. The molecule has 62 heavy (non-hydrogen) atoms. The van der Waals surface area contributed by atoms with Gasteiger partial charge in [-0.3, -0.25) is 9.59 Å². The first-order valence-electron chi connectivity index (χ1n) is 22.1. The van der Waals surface area contributed by atoms with E-state index in [2.05, 4.69) is 79.9 Å². The minimum absolute atomic E-state index is 0.00213. The smallest absolute Gasteiger partial charge is 0.226 e. The third-order valence-electron chi connectivity index (χ3n) is 14.9. The Hall–Kier alpha value is -3.14. The largest absolute Gasteiger partial charge is 0.394 e. The fourth-order valence-corrected chi connectivity index (χ4v) is 12.9. The highest BCUT2D eigenvalue weighted by Gasteiger charge is 2.62. The predicted molar refractivity (Wildman–Crippen MR) is 251 cm³/mol. The summed E-state index contributed by atoms with van der Waals surface area (Å²) >= 11 is 25.9. The van der Waals surface area contributed by atoms with Crippen LogP contribution in [0.1, 0.15) is 109 Å². The van der Waals surface area contributed by atoms with Crippen LogP contribution in [0.3, 0.4) is 0 Å². The molecule has 332 valence electrons. The molecule has 2 aliphatic carbocycles. The number of hydrogen-bond donors (Lipinski definition) is 3. The van der Waals surface area contributed by atoms with Crippen LogP contribution in [0.25, 0.3) is 0 Å². The van der Waals surface area contributed by atoms with Gasteiger partial charge in [0.25, 0.3) is 0 Å². The zero-order chi connectivity index (χ0) is 44.3. The van der Waals surface area contributed by atoms with Gasteiger partial charge in [-0.05, 0) is 146 Å². The quantitative estimate of drug-likeness (QED) is 0.123. The molecule has 7 nitrogen and oxygen atoms in total. The number of halogens is 4. The number of fused-ring (bicyclic) bond motifs is 2. The topological polar surface area (TPSA) is 96.9 Å². The second-order valence-corrected chi connectivity index (χ2v) is 19.7. The molecule has 8 rings (SSSR count).